The maximum absolute atomic E-state index is 13.8. The van der Waals surface area contributed by atoms with Gasteiger partial charge in [0.15, 0.2) is 5.76 Å². The Labute approximate surface area is 237 Å². The number of nitrogens with one attached hydrogen (secondary N) is 1. The van der Waals surface area contributed by atoms with E-state index in [9.17, 15) is 24.9 Å². The number of ether oxygens (including phenoxy) is 1. The molecule has 0 saturated carbocycles. The molecule has 1 aromatic rings. The summed E-state index contributed by atoms with van der Waals surface area (Å²) in [5, 5.41) is 42.5. The smallest absolute Gasteiger partial charge is 0.396 e. The summed E-state index contributed by atoms with van der Waals surface area (Å²) in [4.78, 5) is 27.4. The summed E-state index contributed by atoms with van der Waals surface area (Å²) in [6.07, 6.45) is 1.93. The molecule has 3 heterocycles. The average Bonchev–Trinajstić information content (AvgIpc) is 3.08. The Kier molecular flexibility index (Phi) is 12.2. The van der Waals surface area contributed by atoms with Gasteiger partial charge in [0.05, 0.1) is 30.1 Å². The van der Waals surface area contributed by atoms with Gasteiger partial charge in [-0.05, 0) is 58.2 Å². The largest absolute Gasteiger partial charge is 0.519 e. The third-order valence-electron chi connectivity index (χ3n) is 7.75. The van der Waals surface area contributed by atoms with Gasteiger partial charge >= 0.3 is 5.82 Å². The van der Waals surface area contributed by atoms with Gasteiger partial charge in [-0.2, -0.15) is 5.26 Å². The predicted molar refractivity (Wildman–Crippen MR) is 145 cm³/mol. The lowest BCUT2D eigenvalue weighted by Crippen LogP contribution is -2.65. The van der Waals surface area contributed by atoms with E-state index in [2.05, 4.69) is 11.4 Å². The minimum atomic E-state index is -1.46. The summed E-state index contributed by atoms with van der Waals surface area (Å²) in [6.45, 7) is 4.10. The first-order valence-corrected chi connectivity index (χ1v) is 15.2. The molecular weight excluding hydrogens is 550 g/mol. The maximum Gasteiger partial charge on any atom is 0.519 e. The van der Waals surface area contributed by atoms with Gasteiger partial charge in [0.2, 0.25) is 5.91 Å². The fourth-order valence-electron chi connectivity index (χ4n) is 5.42. The standard InChI is InChI=1S/C26H40ClN3O8S/c1-14(27)19(23-21(32)20(31)22(33)25(38-23)39-3)29-24(34)17-9-8-16(7-5-4-6-11-28)10-12-30(17)13-18-15(2)36-26(35)37-18/h14,16-17,19-23,25,31-33H,4-10,12-13H2,1-3H3,(H,29,34). The van der Waals surface area contributed by atoms with E-state index in [-0.39, 0.29) is 12.5 Å². The van der Waals surface area contributed by atoms with E-state index >= 15 is 0 Å². The van der Waals surface area contributed by atoms with E-state index < -0.39 is 53.1 Å². The van der Waals surface area contributed by atoms with Crippen molar-refractivity contribution in [2.45, 2.75) is 113 Å². The molecule has 11 nitrogen and oxygen atoms in total. The van der Waals surface area contributed by atoms with Gasteiger partial charge < -0.3 is 34.2 Å². The minimum absolute atomic E-state index is 0.208. The van der Waals surface area contributed by atoms with Crippen molar-refractivity contribution in [1.29, 1.82) is 5.26 Å². The zero-order valence-electron chi connectivity index (χ0n) is 22.6. The fourth-order valence-corrected chi connectivity index (χ4v) is 6.31. The molecule has 220 valence electrons. The summed E-state index contributed by atoms with van der Waals surface area (Å²) in [6, 6.07) is 0.735. The molecular formula is C26H40ClN3O8S. The van der Waals surface area contributed by atoms with Crippen LogP contribution >= 0.6 is 23.4 Å². The molecule has 0 spiro atoms. The Morgan fingerprint density at radius 2 is 1.95 bits per heavy atom. The second kappa shape index (κ2) is 14.9. The highest BCUT2D eigenvalue weighted by atomic mass is 35.5. The zero-order chi connectivity index (χ0) is 28.7. The molecule has 2 aliphatic heterocycles. The number of nitriles is 1. The Bertz CT molecular complexity index is 1030. The Balaban J connectivity index is 1.79. The molecule has 0 aromatic carbocycles. The number of carbonyl (C=O) groups is 1. The number of alkyl halides is 1. The van der Waals surface area contributed by atoms with Crippen molar-refractivity contribution in [2.75, 3.05) is 12.8 Å². The molecule has 0 radical (unpaired) electrons. The molecule has 2 fully saturated rings. The highest BCUT2D eigenvalue weighted by Gasteiger charge is 2.48. The predicted octanol–water partition coefficient (Wildman–Crippen LogP) is 1.88. The van der Waals surface area contributed by atoms with Crippen molar-refractivity contribution in [3.05, 3.63) is 22.1 Å². The van der Waals surface area contributed by atoms with Gasteiger partial charge in [-0.3, -0.25) is 9.69 Å². The van der Waals surface area contributed by atoms with Crippen molar-refractivity contribution in [3.63, 3.8) is 0 Å². The number of carbonyl (C=O) groups excluding carboxylic acids is 1. The number of rotatable bonds is 11. The van der Waals surface area contributed by atoms with Crippen LogP contribution in [0.2, 0.25) is 0 Å². The number of hydrogen-bond donors (Lipinski definition) is 4. The first kappa shape index (κ1) is 31.9. The van der Waals surface area contributed by atoms with Crippen LogP contribution in [-0.2, 0) is 16.1 Å². The molecule has 3 rings (SSSR count). The molecule has 1 amide bonds. The number of aliphatic hydroxyl groups is 3. The molecule has 4 N–H and O–H groups in total. The normalized spacial score (nSPS) is 31.7. The van der Waals surface area contributed by atoms with E-state index in [1.165, 1.54) is 11.8 Å². The minimum Gasteiger partial charge on any atom is -0.396 e. The molecule has 1 aromatic heterocycles. The molecule has 9 atom stereocenters. The van der Waals surface area contributed by atoms with Crippen molar-refractivity contribution in [2.24, 2.45) is 5.92 Å². The van der Waals surface area contributed by atoms with Gasteiger partial charge in [0, 0.05) is 6.42 Å². The van der Waals surface area contributed by atoms with Crippen LogP contribution in [0.5, 0.6) is 0 Å². The molecule has 13 heteroatoms. The number of unbranched alkanes of at least 4 members (excludes halogenated alkanes) is 2. The zero-order valence-corrected chi connectivity index (χ0v) is 24.2. The Morgan fingerprint density at radius 3 is 2.56 bits per heavy atom. The quantitative estimate of drug-likeness (QED) is 0.219. The van der Waals surface area contributed by atoms with Crippen LogP contribution in [0.3, 0.4) is 0 Å². The van der Waals surface area contributed by atoms with E-state index in [4.69, 9.17) is 30.4 Å². The monoisotopic (exact) mass is 589 g/mol. The average molecular weight is 590 g/mol. The Morgan fingerprint density at radius 1 is 1.21 bits per heavy atom. The summed E-state index contributed by atoms with van der Waals surface area (Å²) in [5.74, 6) is -0.0151. The van der Waals surface area contributed by atoms with Crippen molar-refractivity contribution >= 4 is 29.3 Å². The van der Waals surface area contributed by atoms with Crippen LogP contribution in [0.4, 0.5) is 0 Å². The van der Waals surface area contributed by atoms with Crippen LogP contribution in [0, 0.1) is 24.2 Å². The first-order chi connectivity index (χ1) is 18.6. The number of nitrogens with zero attached hydrogens (tertiary/aromatic N) is 2. The lowest BCUT2D eigenvalue weighted by molar-refractivity contribution is -0.205. The number of aliphatic hydroxyl groups excluding tert-OH is 3. The fraction of sp³-hybridized carbons (Fsp3) is 0.808. The second-order valence-corrected chi connectivity index (χ2v) is 12.1. The maximum atomic E-state index is 13.8. The van der Waals surface area contributed by atoms with Crippen LogP contribution in [0.15, 0.2) is 13.6 Å². The van der Waals surface area contributed by atoms with Crippen molar-refractivity contribution < 1.29 is 33.7 Å². The van der Waals surface area contributed by atoms with Gasteiger partial charge in [-0.25, -0.2) is 4.79 Å². The molecule has 39 heavy (non-hydrogen) atoms. The summed E-state index contributed by atoms with van der Waals surface area (Å²) >= 11 is 7.66. The Hall–Kier alpha value is -1.59. The lowest BCUT2D eigenvalue weighted by atomic mass is 9.92. The van der Waals surface area contributed by atoms with Crippen LogP contribution < -0.4 is 11.1 Å². The lowest BCUT2D eigenvalue weighted by Gasteiger charge is -2.44. The second-order valence-electron chi connectivity index (χ2n) is 10.4. The highest BCUT2D eigenvalue weighted by molar-refractivity contribution is 7.99. The summed E-state index contributed by atoms with van der Waals surface area (Å²) in [7, 11) is 0. The topological polar surface area (TPSA) is 169 Å². The van der Waals surface area contributed by atoms with Crippen molar-refractivity contribution in [1.82, 2.24) is 10.2 Å². The number of hydrogen-bond acceptors (Lipinski definition) is 11. The van der Waals surface area contributed by atoms with E-state index in [1.54, 1.807) is 20.1 Å². The number of likely N-dealkylation sites (tertiary alicyclic amines) is 1. The third-order valence-corrected chi connectivity index (χ3v) is 8.87. The van der Waals surface area contributed by atoms with Gasteiger partial charge in [-0.1, -0.05) is 12.8 Å². The summed E-state index contributed by atoms with van der Waals surface area (Å²) in [5.41, 5.74) is -0.800. The van der Waals surface area contributed by atoms with E-state index in [1.807, 2.05) is 4.90 Å². The van der Waals surface area contributed by atoms with Crippen molar-refractivity contribution in [3.8, 4) is 6.07 Å². The highest BCUT2D eigenvalue weighted by Crippen LogP contribution is 2.31. The molecule has 9 unspecified atom stereocenters. The van der Waals surface area contributed by atoms with E-state index in [0.29, 0.717) is 36.8 Å². The van der Waals surface area contributed by atoms with E-state index in [0.717, 1.165) is 32.1 Å². The van der Waals surface area contributed by atoms with Gasteiger partial charge in [0.1, 0.15) is 35.6 Å². The molecule has 0 bridgehead atoms. The van der Waals surface area contributed by atoms with Gasteiger partial charge in [-0.15, -0.1) is 23.4 Å². The number of amides is 1. The van der Waals surface area contributed by atoms with Crippen LogP contribution in [0.25, 0.3) is 0 Å². The number of aryl methyl sites for hydroxylation is 1. The third kappa shape index (κ3) is 8.22. The number of thioether (sulfide) groups is 1. The van der Waals surface area contributed by atoms with Crippen LogP contribution in [-0.4, -0.2) is 86.2 Å². The molecule has 2 saturated heterocycles. The SMILES string of the molecule is CSC1OC(C(NC(=O)C2CCC(CCCCC#N)CCN2Cc2oc(=O)oc2C)C(C)Cl)C(O)C(O)C1O. The summed E-state index contributed by atoms with van der Waals surface area (Å²) < 4.78 is 16.1. The first-order valence-electron chi connectivity index (χ1n) is 13.4. The number of halogens is 1. The van der Waals surface area contributed by atoms with Crippen LogP contribution in [0.1, 0.15) is 63.4 Å². The molecule has 2 aliphatic rings. The van der Waals surface area contributed by atoms with Gasteiger partial charge in [0.25, 0.3) is 0 Å². The molecule has 0 aliphatic carbocycles.